The van der Waals surface area contributed by atoms with Crippen LogP contribution in [0.2, 0.25) is 0 Å². The fourth-order valence-electron chi connectivity index (χ4n) is 3.26. The van der Waals surface area contributed by atoms with Crippen molar-refractivity contribution in [2.45, 2.75) is 32.0 Å². The van der Waals surface area contributed by atoms with E-state index < -0.39 is 11.7 Å². The minimum absolute atomic E-state index is 0.0890. The lowest BCUT2D eigenvalue weighted by atomic mass is 9.97. The molecule has 144 valence electrons. The van der Waals surface area contributed by atoms with Crippen LogP contribution in [0, 0.1) is 0 Å². The van der Waals surface area contributed by atoms with E-state index in [1.54, 1.807) is 17.0 Å². The number of allylic oxidation sites excluding steroid dienone is 1. The van der Waals surface area contributed by atoms with Crippen LogP contribution in [0.5, 0.6) is 0 Å². The van der Waals surface area contributed by atoms with E-state index in [4.69, 9.17) is 0 Å². The Morgan fingerprint density at radius 3 is 2.58 bits per heavy atom. The first kappa shape index (κ1) is 20.3. The van der Waals surface area contributed by atoms with E-state index in [9.17, 15) is 18.0 Å². The van der Waals surface area contributed by atoms with Crippen molar-refractivity contribution < 1.29 is 18.0 Å². The number of alkyl halides is 3. The molecule has 1 saturated heterocycles. The molecule has 1 aliphatic heterocycles. The molecule has 1 atom stereocenters. The van der Waals surface area contributed by atoms with Gasteiger partial charge in [0.1, 0.15) is 0 Å². The molecule has 2 amide bonds. The number of amides is 2. The number of nitrogens with zero attached hydrogens (tertiary/aromatic N) is 2. The first-order valence-electron chi connectivity index (χ1n) is 8.91. The highest BCUT2D eigenvalue weighted by Gasteiger charge is 2.32. The largest absolute Gasteiger partial charge is 0.416 e. The van der Waals surface area contributed by atoms with Crippen molar-refractivity contribution in [3.05, 3.63) is 48.0 Å². The lowest BCUT2D eigenvalue weighted by Gasteiger charge is -2.39. The number of rotatable bonds is 6. The number of halogens is 3. The van der Waals surface area contributed by atoms with E-state index in [2.05, 4.69) is 16.8 Å². The molecular weight excluding hydrogens is 343 g/mol. The Hall–Kier alpha value is -2.02. The van der Waals surface area contributed by atoms with Crippen LogP contribution in [0.1, 0.15) is 36.9 Å². The van der Waals surface area contributed by atoms with Crippen LogP contribution >= 0.6 is 0 Å². The monoisotopic (exact) mass is 369 g/mol. The maximum Gasteiger partial charge on any atom is 0.416 e. The summed E-state index contributed by atoms with van der Waals surface area (Å²) < 4.78 is 39.2. The van der Waals surface area contributed by atoms with Crippen LogP contribution in [0.15, 0.2) is 36.9 Å². The van der Waals surface area contributed by atoms with Crippen molar-refractivity contribution in [2.75, 3.05) is 32.7 Å². The fraction of sp³-hybridized carbons (Fsp3) is 0.526. The molecule has 2 rings (SSSR count). The van der Waals surface area contributed by atoms with Gasteiger partial charge in [-0.15, -0.1) is 6.58 Å². The van der Waals surface area contributed by atoms with Gasteiger partial charge < -0.3 is 10.2 Å². The predicted molar refractivity (Wildman–Crippen MR) is 95.8 cm³/mol. The molecule has 0 spiro atoms. The highest BCUT2D eigenvalue weighted by molar-refractivity contribution is 5.74. The molecular formula is C19H26F3N3O. The summed E-state index contributed by atoms with van der Waals surface area (Å²) in [7, 11) is 0. The highest BCUT2D eigenvalue weighted by atomic mass is 19.4. The Morgan fingerprint density at radius 1 is 1.31 bits per heavy atom. The summed E-state index contributed by atoms with van der Waals surface area (Å²) >= 11 is 0. The molecule has 0 saturated carbocycles. The van der Waals surface area contributed by atoms with Crippen LogP contribution in [0.25, 0.3) is 0 Å². The van der Waals surface area contributed by atoms with Gasteiger partial charge in [-0.05, 0) is 37.5 Å². The molecule has 7 heteroatoms. The van der Waals surface area contributed by atoms with Crippen LogP contribution in [-0.2, 0) is 6.18 Å². The summed E-state index contributed by atoms with van der Waals surface area (Å²) in [4.78, 5) is 15.8. The number of urea groups is 1. The smallest absolute Gasteiger partial charge is 0.338 e. The third kappa shape index (κ3) is 5.24. The summed E-state index contributed by atoms with van der Waals surface area (Å²) in [5, 5.41) is 2.78. The van der Waals surface area contributed by atoms with Gasteiger partial charge in [-0.2, -0.15) is 13.2 Å². The van der Waals surface area contributed by atoms with Crippen molar-refractivity contribution in [3.63, 3.8) is 0 Å². The number of benzene rings is 1. The number of hydrogen-bond donors (Lipinski definition) is 1. The molecule has 1 aromatic carbocycles. The standard InChI is InChI=1S/C19H26F3N3O/c1-3-5-9-17(15-7-6-8-16(14-15)19(20,21)22)24-10-12-25(13-11-24)18(26)23-4-2/h3,6-8,14,17H,1,4-5,9-13H2,2H3,(H,23,26). The zero-order chi connectivity index (χ0) is 19.2. The van der Waals surface area contributed by atoms with Crippen LogP contribution in [0.4, 0.5) is 18.0 Å². The molecule has 1 heterocycles. The molecule has 0 aromatic heterocycles. The van der Waals surface area contributed by atoms with E-state index >= 15 is 0 Å². The maximum absolute atomic E-state index is 13.1. The van der Waals surface area contributed by atoms with Crippen molar-refractivity contribution in [1.82, 2.24) is 15.1 Å². The molecule has 1 unspecified atom stereocenters. The number of piperazine rings is 1. The molecule has 1 aliphatic rings. The van der Waals surface area contributed by atoms with E-state index in [0.717, 1.165) is 12.5 Å². The minimum atomic E-state index is -4.35. The van der Waals surface area contributed by atoms with E-state index in [1.807, 2.05) is 6.92 Å². The first-order chi connectivity index (χ1) is 12.4. The van der Waals surface area contributed by atoms with Gasteiger partial charge in [-0.3, -0.25) is 4.90 Å². The van der Waals surface area contributed by atoms with Gasteiger partial charge in [0.05, 0.1) is 5.56 Å². The van der Waals surface area contributed by atoms with Crippen LogP contribution < -0.4 is 5.32 Å². The summed E-state index contributed by atoms with van der Waals surface area (Å²) in [6.45, 7) is 8.57. The van der Waals surface area contributed by atoms with Crippen molar-refractivity contribution in [3.8, 4) is 0 Å². The zero-order valence-corrected chi connectivity index (χ0v) is 15.1. The number of carbonyl (C=O) groups is 1. The molecule has 1 fully saturated rings. The van der Waals surface area contributed by atoms with E-state index in [0.29, 0.717) is 44.7 Å². The summed E-state index contributed by atoms with van der Waals surface area (Å²) in [5.74, 6) is 0. The van der Waals surface area contributed by atoms with Crippen molar-refractivity contribution in [2.24, 2.45) is 0 Å². The average molecular weight is 369 g/mol. The first-order valence-corrected chi connectivity index (χ1v) is 8.91. The topological polar surface area (TPSA) is 35.6 Å². The molecule has 0 aliphatic carbocycles. The second kappa shape index (κ2) is 9.07. The Balaban J connectivity index is 2.13. The normalized spacial score (nSPS) is 17.0. The minimum Gasteiger partial charge on any atom is -0.338 e. The molecule has 1 N–H and O–H groups in total. The second-order valence-electron chi connectivity index (χ2n) is 6.36. The van der Waals surface area contributed by atoms with Crippen molar-refractivity contribution >= 4 is 6.03 Å². The van der Waals surface area contributed by atoms with E-state index in [1.165, 1.54) is 12.1 Å². The quantitative estimate of drug-likeness (QED) is 0.768. The molecule has 26 heavy (non-hydrogen) atoms. The SMILES string of the molecule is C=CCCC(c1cccc(C(F)(F)F)c1)N1CCN(C(=O)NCC)CC1. The Morgan fingerprint density at radius 2 is 2.00 bits per heavy atom. The predicted octanol–water partition coefficient (Wildman–Crippen LogP) is 4.06. The Bertz CT molecular complexity index is 610. The Kier molecular flexibility index (Phi) is 7.08. The lowest BCUT2D eigenvalue weighted by Crippen LogP contribution is -2.52. The number of hydrogen-bond acceptors (Lipinski definition) is 2. The summed E-state index contributed by atoms with van der Waals surface area (Å²) in [6.07, 6.45) is -1.15. The lowest BCUT2D eigenvalue weighted by molar-refractivity contribution is -0.137. The fourth-order valence-corrected chi connectivity index (χ4v) is 3.26. The molecule has 1 aromatic rings. The zero-order valence-electron chi connectivity index (χ0n) is 15.1. The van der Waals surface area contributed by atoms with Gasteiger partial charge in [0.2, 0.25) is 0 Å². The second-order valence-corrected chi connectivity index (χ2v) is 6.36. The van der Waals surface area contributed by atoms with Gasteiger partial charge in [-0.1, -0.05) is 18.2 Å². The number of nitrogens with one attached hydrogen (secondary N) is 1. The third-order valence-corrected chi connectivity index (χ3v) is 4.61. The van der Waals surface area contributed by atoms with Gasteiger partial charge in [0.25, 0.3) is 0 Å². The summed E-state index contributed by atoms with van der Waals surface area (Å²) in [6, 6.07) is 5.34. The van der Waals surface area contributed by atoms with Crippen LogP contribution in [0.3, 0.4) is 0 Å². The van der Waals surface area contributed by atoms with Gasteiger partial charge >= 0.3 is 12.2 Å². The van der Waals surface area contributed by atoms with Crippen molar-refractivity contribution in [1.29, 1.82) is 0 Å². The van der Waals surface area contributed by atoms with E-state index in [-0.39, 0.29) is 12.1 Å². The third-order valence-electron chi connectivity index (χ3n) is 4.61. The van der Waals surface area contributed by atoms with Crippen LogP contribution in [-0.4, -0.2) is 48.6 Å². The molecule has 0 bridgehead atoms. The van der Waals surface area contributed by atoms with Gasteiger partial charge in [-0.25, -0.2) is 4.79 Å². The van der Waals surface area contributed by atoms with Gasteiger partial charge in [0.15, 0.2) is 0 Å². The molecule has 0 radical (unpaired) electrons. The van der Waals surface area contributed by atoms with Gasteiger partial charge in [0, 0.05) is 38.8 Å². The highest BCUT2D eigenvalue weighted by Crippen LogP contribution is 2.33. The Labute approximate surface area is 152 Å². The maximum atomic E-state index is 13.1. The molecule has 4 nitrogen and oxygen atoms in total. The average Bonchev–Trinajstić information content (AvgIpc) is 2.62. The number of carbonyl (C=O) groups excluding carboxylic acids is 1. The summed E-state index contributed by atoms with van der Waals surface area (Å²) in [5.41, 5.74) is 0.0349.